The molecule has 2 aliphatic rings. The predicted octanol–water partition coefficient (Wildman–Crippen LogP) is 1.11. The standard InChI is InChI=1S/C15H25N5O/c1-3-11-13(16)14(18-17-11)15(21)20-8-6-12-10(9-20)5-4-7-19(12)2/h10,12H,3-9,16H2,1-2H3,(H,17,18). The molecule has 3 N–H and O–H groups in total. The number of carbonyl (C=O) groups excluding carboxylic acids is 1. The molecule has 2 aliphatic heterocycles. The van der Waals surface area contributed by atoms with Crippen molar-refractivity contribution in [2.24, 2.45) is 5.92 Å². The van der Waals surface area contributed by atoms with E-state index >= 15 is 0 Å². The molecule has 2 saturated heterocycles. The largest absolute Gasteiger partial charge is 0.395 e. The van der Waals surface area contributed by atoms with Crippen LogP contribution in [0.1, 0.15) is 42.4 Å². The lowest BCUT2D eigenvalue weighted by atomic mass is 9.84. The lowest BCUT2D eigenvalue weighted by Crippen LogP contribution is -2.54. The normalized spacial score (nSPS) is 26.7. The van der Waals surface area contributed by atoms with Gasteiger partial charge in [0.25, 0.3) is 5.91 Å². The van der Waals surface area contributed by atoms with Crippen LogP contribution in [-0.4, -0.2) is 58.6 Å². The van der Waals surface area contributed by atoms with Gasteiger partial charge in [-0.1, -0.05) is 6.92 Å². The number of amides is 1. The Morgan fingerprint density at radius 2 is 2.24 bits per heavy atom. The number of nitrogens with one attached hydrogen (secondary N) is 1. The van der Waals surface area contributed by atoms with Crippen molar-refractivity contribution in [1.29, 1.82) is 0 Å². The van der Waals surface area contributed by atoms with Crippen LogP contribution in [0.3, 0.4) is 0 Å². The molecular weight excluding hydrogens is 266 g/mol. The molecule has 116 valence electrons. The number of aromatic amines is 1. The maximum absolute atomic E-state index is 12.7. The number of aryl methyl sites for hydroxylation is 1. The van der Waals surface area contributed by atoms with E-state index in [9.17, 15) is 4.79 Å². The average molecular weight is 291 g/mol. The van der Waals surface area contributed by atoms with Crippen LogP contribution in [0.2, 0.25) is 0 Å². The van der Waals surface area contributed by atoms with Crippen LogP contribution in [0.5, 0.6) is 0 Å². The zero-order valence-corrected chi connectivity index (χ0v) is 12.9. The molecule has 0 aromatic carbocycles. The summed E-state index contributed by atoms with van der Waals surface area (Å²) in [4.78, 5) is 17.0. The van der Waals surface area contributed by atoms with E-state index in [1.54, 1.807) is 0 Å². The zero-order chi connectivity index (χ0) is 15.0. The highest BCUT2D eigenvalue weighted by atomic mass is 16.2. The summed E-state index contributed by atoms with van der Waals surface area (Å²) in [6.07, 6.45) is 4.26. The summed E-state index contributed by atoms with van der Waals surface area (Å²) in [5.74, 6) is 0.572. The molecule has 0 bridgehead atoms. The Hall–Kier alpha value is -1.56. The summed E-state index contributed by atoms with van der Waals surface area (Å²) in [5.41, 5.74) is 7.79. The molecule has 2 atom stereocenters. The van der Waals surface area contributed by atoms with E-state index in [0.29, 0.717) is 23.3 Å². The van der Waals surface area contributed by atoms with E-state index in [1.807, 2.05) is 11.8 Å². The van der Waals surface area contributed by atoms with Gasteiger partial charge in [0, 0.05) is 19.1 Å². The SMILES string of the molecule is CCc1[nH]nc(C(=O)N2CCC3C(CCCN3C)C2)c1N. The monoisotopic (exact) mass is 291 g/mol. The molecular formula is C15H25N5O. The third-order valence-electron chi connectivity index (χ3n) is 5.07. The van der Waals surface area contributed by atoms with Gasteiger partial charge in [-0.3, -0.25) is 9.89 Å². The second-order valence-corrected chi connectivity index (χ2v) is 6.31. The number of hydrogen-bond donors (Lipinski definition) is 2. The Bertz CT molecular complexity index is 526. The van der Waals surface area contributed by atoms with Crippen LogP contribution in [-0.2, 0) is 6.42 Å². The van der Waals surface area contributed by atoms with Gasteiger partial charge in [-0.05, 0) is 45.2 Å². The molecule has 2 fully saturated rings. The second kappa shape index (κ2) is 5.67. The van der Waals surface area contributed by atoms with Gasteiger partial charge >= 0.3 is 0 Å². The van der Waals surface area contributed by atoms with Crippen LogP contribution in [0, 0.1) is 5.92 Å². The molecule has 6 heteroatoms. The predicted molar refractivity (Wildman–Crippen MR) is 82.0 cm³/mol. The lowest BCUT2D eigenvalue weighted by molar-refractivity contribution is 0.0314. The topological polar surface area (TPSA) is 78.2 Å². The lowest BCUT2D eigenvalue weighted by Gasteiger charge is -2.45. The zero-order valence-electron chi connectivity index (χ0n) is 12.9. The number of nitrogens with two attached hydrogens (primary N) is 1. The first-order chi connectivity index (χ1) is 10.1. The van der Waals surface area contributed by atoms with Gasteiger partial charge < -0.3 is 15.5 Å². The molecule has 6 nitrogen and oxygen atoms in total. The quantitative estimate of drug-likeness (QED) is 0.855. The van der Waals surface area contributed by atoms with Gasteiger partial charge in [0.1, 0.15) is 0 Å². The first-order valence-corrected chi connectivity index (χ1v) is 7.94. The molecule has 3 rings (SSSR count). The minimum atomic E-state index is -0.0184. The van der Waals surface area contributed by atoms with E-state index in [0.717, 1.165) is 31.6 Å². The number of carbonyl (C=O) groups is 1. The molecule has 0 aliphatic carbocycles. The summed E-state index contributed by atoms with van der Waals surface area (Å²) in [5, 5.41) is 7.01. The molecule has 1 amide bonds. The summed E-state index contributed by atoms with van der Waals surface area (Å²) < 4.78 is 0. The van der Waals surface area contributed by atoms with Crippen LogP contribution >= 0.6 is 0 Å². The molecule has 2 unspecified atom stereocenters. The van der Waals surface area contributed by atoms with Gasteiger partial charge in [0.15, 0.2) is 5.69 Å². The number of fused-ring (bicyclic) bond motifs is 1. The molecule has 0 saturated carbocycles. The molecule has 3 heterocycles. The maximum atomic E-state index is 12.7. The fourth-order valence-corrected chi connectivity index (χ4v) is 3.81. The van der Waals surface area contributed by atoms with Crippen LogP contribution in [0.25, 0.3) is 0 Å². The van der Waals surface area contributed by atoms with Gasteiger partial charge in [0.05, 0.1) is 11.4 Å². The number of H-pyrrole nitrogens is 1. The Balaban J connectivity index is 1.72. The summed E-state index contributed by atoms with van der Waals surface area (Å²) >= 11 is 0. The van der Waals surface area contributed by atoms with Crippen LogP contribution < -0.4 is 5.73 Å². The third-order valence-corrected chi connectivity index (χ3v) is 5.07. The van der Waals surface area contributed by atoms with Crippen molar-refractivity contribution in [3.63, 3.8) is 0 Å². The van der Waals surface area contributed by atoms with Crippen molar-refractivity contribution in [2.75, 3.05) is 32.4 Å². The van der Waals surface area contributed by atoms with E-state index in [-0.39, 0.29) is 5.91 Å². The van der Waals surface area contributed by atoms with E-state index < -0.39 is 0 Å². The summed E-state index contributed by atoms with van der Waals surface area (Å²) in [6.45, 7) is 4.82. The fraction of sp³-hybridized carbons (Fsp3) is 0.733. The van der Waals surface area contributed by atoms with E-state index in [1.165, 1.54) is 19.4 Å². The van der Waals surface area contributed by atoms with Crippen LogP contribution in [0.15, 0.2) is 0 Å². The second-order valence-electron chi connectivity index (χ2n) is 6.31. The molecule has 1 aromatic rings. The highest BCUT2D eigenvalue weighted by Gasteiger charge is 2.36. The first-order valence-electron chi connectivity index (χ1n) is 7.94. The van der Waals surface area contributed by atoms with E-state index in [2.05, 4.69) is 22.1 Å². The Morgan fingerprint density at radius 1 is 1.43 bits per heavy atom. The maximum Gasteiger partial charge on any atom is 0.276 e. The minimum absolute atomic E-state index is 0.0184. The van der Waals surface area contributed by atoms with Gasteiger partial charge in [0.2, 0.25) is 0 Å². The van der Waals surface area contributed by atoms with Crippen molar-refractivity contribution in [3.05, 3.63) is 11.4 Å². The number of nitrogens with zero attached hydrogens (tertiary/aromatic N) is 3. The third kappa shape index (κ3) is 2.52. The number of hydrogen-bond acceptors (Lipinski definition) is 4. The Kier molecular flexibility index (Phi) is 3.89. The van der Waals surface area contributed by atoms with Crippen molar-refractivity contribution >= 4 is 11.6 Å². The Labute approximate surface area is 125 Å². The molecule has 0 spiro atoms. The fourth-order valence-electron chi connectivity index (χ4n) is 3.81. The van der Waals surface area contributed by atoms with Gasteiger partial charge in [-0.25, -0.2) is 0 Å². The number of likely N-dealkylation sites (tertiary alicyclic amines) is 2. The number of piperidine rings is 2. The smallest absolute Gasteiger partial charge is 0.276 e. The average Bonchev–Trinajstić information content (AvgIpc) is 2.87. The van der Waals surface area contributed by atoms with Crippen molar-refractivity contribution in [2.45, 2.75) is 38.6 Å². The van der Waals surface area contributed by atoms with Crippen LogP contribution in [0.4, 0.5) is 5.69 Å². The minimum Gasteiger partial charge on any atom is -0.395 e. The highest BCUT2D eigenvalue weighted by Crippen LogP contribution is 2.30. The van der Waals surface area contributed by atoms with Crippen molar-refractivity contribution in [3.8, 4) is 0 Å². The van der Waals surface area contributed by atoms with E-state index in [4.69, 9.17) is 5.73 Å². The first kappa shape index (κ1) is 14.4. The number of rotatable bonds is 2. The number of anilines is 1. The van der Waals surface area contributed by atoms with Gasteiger partial charge in [-0.2, -0.15) is 5.10 Å². The highest BCUT2D eigenvalue weighted by molar-refractivity contribution is 5.97. The summed E-state index contributed by atoms with van der Waals surface area (Å²) in [6, 6.07) is 0.630. The number of aromatic nitrogens is 2. The van der Waals surface area contributed by atoms with Crippen molar-refractivity contribution in [1.82, 2.24) is 20.0 Å². The molecule has 21 heavy (non-hydrogen) atoms. The number of nitrogen functional groups attached to an aromatic ring is 1. The van der Waals surface area contributed by atoms with Crippen molar-refractivity contribution < 1.29 is 4.79 Å². The molecule has 1 aromatic heterocycles. The Morgan fingerprint density at radius 3 is 2.95 bits per heavy atom. The molecule has 0 radical (unpaired) electrons. The summed E-state index contributed by atoms with van der Waals surface area (Å²) in [7, 11) is 2.20. The van der Waals surface area contributed by atoms with Gasteiger partial charge in [-0.15, -0.1) is 0 Å².